The molecule has 1 saturated carbocycles. The predicted molar refractivity (Wildman–Crippen MR) is 95.2 cm³/mol. The highest BCUT2D eigenvalue weighted by molar-refractivity contribution is 6.13. The van der Waals surface area contributed by atoms with E-state index in [9.17, 15) is 0 Å². The van der Waals surface area contributed by atoms with Gasteiger partial charge >= 0.3 is 0 Å². The van der Waals surface area contributed by atoms with Crippen LogP contribution >= 0.6 is 0 Å². The minimum absolute atomic E-state index is 0.168. The van der Waals surface area contributed by atoms with Gasteiger partial charge < -0.3 is 10.5 Å². The van der Waals surface area contributed by atoms with E-state index in [0.29, 0.717) is 17.1 Å². The second-order valence-corrected chi connectivity index (χ2v) is 6.15. The molecule has 3 N–H and O–H groups in total. The summed E-state index contributed by atoms with van der Waals surface area (Å²) in [6.45, 7) is 0. The third-order valence-corrected chi connectivity index (χ3v) is 4.22. The Morgan fingerprint density at radius 2 is 2.17 bits per heavy atom. The molecule has 3 rings (SSSR count). The van der Waals surface area contributed by atoms with Gasteiger partial charge in [0, 0.05) is 30.7 Å². The second kappa shape index (κ2) is 7.29. The number of pyridine rings is 1. The van der Waals surface area contributed by atoms with Crippen LogP contribution in [-0.4, -0.2) is 26.6 Å². The third-order valence-electron chi connectivity index (χ3n) is 4.22. The minimum atomic E-state index is 0.168. The minimum Gasteiger partial charge on any atom is -0.474 e. The van der Waals surface area contributed by atoms with Crippen LogP contribution in [0.3, 0.4) is 0 Å². The number of ether oxygens (including phenoxy) is 1. The molecule has 0 atom stereocenters. The van der Waals surface area contributed by atoms with Crippen LogP contribution in [0, 0.1) is 5.41 Å². The number of nitrogen functional groups attached to an aromatic ring is 1. The van der Waals surface area contributed by atoms with Crippen molar-refractivity contribution < 1.29 is 4.74 Å². The van der Waals surface area contributed by atoms with Crippen LogP contribution in [0.4, 0.5) is 5.69 Å². The van der Waals surface area contributed by atoms with Crippen molar-refractivity contribution in [2.45, 2.75) is 38.2 Å². The van der Waals surface area contributed by atoms with Crippen molar-refractivity contribution in [1.82, 2.24) is 14.8 Å². The number of anilines is 1. The molecule has 0 aromatic carbocycles. The summed E-state index contributed by atoms with van der Waals surface area (Å²) in [5.41, 5.74) is 8.38. The molecule has 0 amide bonds. The summed E-state index contributed by atoms with van der Waals surface area (Å²) in [6, 6.07) is 1.70. The molecule has 1 fully saturated rings. The fraction of sp³-hybridized carbons (Fsp3) is 0.389. The quantitative estimate of drug-likeness (QED) is 0.826. The number of rotatable bonds is 5. The van der Waals surface area contributed by atoms with E-state index >= 15 is 0 Å². The summed E-state index contributed by atoms with van der Waals surface area (Å²) in [4.78, 5) is 4.32. The van der Waals surface area contributed by atoms with Crippen molar-refractivity contribution in [3.8, 4) is 5.88 Å². The molecule has 6 heteroatoms. The van der Waals surface area contributed by atoms with Gasteiger partial charge in [0.15, 0.2) is 0 Å². The normalized spacial score (nSPS) is 15.7. The molecule has 2 heterocycles. The Kier molecular flexibility index (Phi) is 4.93. The highest BCUT2D eigenvalue weighted by Crippen LogP contribution is 2.28. The Hall–Kier alpha value is -2.63. The van der Waals surface area contributed by atoms with Crippen molar-refractivity contribution in [3.63, 3.8) is 0 Å². The average Bonchev–Trinajstić information content (AvgIpc) is 2.99. The number of aryl methyl sites for hydroxylation is 1. The van der Waals surface area contributed by atoms with Gasteiger partial charge in [0.2, 0.25) is 5.88 Å². The molecule has 1 aliphatic rings. The molecular formula is C18H23N5O. The number of nitrogens with one attached hydrogen (secondary N) is 1. The Labute approximate surface area is 141 Å². The largest absolute Gasteiger partial charge is 0.474 e. The van der Waals surface area contributed by atoms with Crippen molar-refractivity contribution in [2.24, 2.45) is 7.05 Å². The van der Waals surface area contributed by atoms with Crippen molar-refractivity contribution in [3.05, 3.63) is 41.9 Å². The van der Waals surface area contributed by atoms with E-state index in [1.165, 1.54) is 19.3 Å². The first-order chi connectivity index (χ1) is 11.6. The first kappa shape index (κ1) is 16.2. The van der Waals surface area contributed by atoms with Gasteiger partial charge in [0.25, 0.3) is 0 Å². The molecular weight excluding hydrogens is 302 g/mol. The molecule has 2 aromatic rings. The number of hydrogen-bond donors (Lipinski definition) is 2. The van der Waals surface area contributed by atoms with Gasteiger partial charge in [0.05, 0.1) is 17.5 Å². The van der Waals surface area contributed by atoms with Crippen LogP contribution in [-0.2, 0) is 7.05 Å². The topological polar surface area (TPSA) is 89.8 Å². The second-order valence-electron chi connectivity index (χ2n) is 6.15. The highest BCUT2D eigenvalue weighted by atomic mass is 16.5. The Balaban J connectivity index is 1.80. The van der Waals surface area contributed by atoms with Crippen LogP contribution in [0.5, 0.6) is 5.88 Å². The molecule has 0 saturated heterocycles. The Morgan fingerprint density at radius 1 is 1.38 bits per heavy atom. The first-order valence-electron chi connectivity index (χ1n) is 8.30. The number of aromatic nitrogens is 3. The molecule has 0 bridgehead atoms. The fourth-order valence-corrected chi connectivity index (χ4v) is 2.95. The van der Waals surface area contributed by atoms with Gasteiger partial charge in [-0.05, 0) is 43.9 Å². The fourth-order valence-electron chi connectivity index (χ4n) is 2.95. The van der Waals surface area contributed by atoms with Gasteiger partial charge in [-0.3, -0.25) is 10.1 Å². The van der Waals surface area contributed by atoms with Gasteiger partial charge in [-0.1, -0.05) is 6.42 Å². The SMILES string of the molecule is Cn1cc(/C=C/C(=N)c2c(N)ccnc2OC2CCCCC2)cn1. The van der Waals surface area contributed by atoms with Crippen LogP contribution in [0.1, 0.15) is 43.2 Å². The maximum Gasteiger partial charge on any atom is 0.225 e. The number of hydrogen-bond acceptors (Lipinski definition) is 5. The van der Waals surface area contributed by atoms with Crippen LogP contribution < -0.4 is 10.5 Å². The monoisotopic (exact) mass is 325 g/mol. The van der Waals surface area contributed by atoms with Crippen molar-refractivity contribution >= 4 is 17.5 Å². The summed E-state index contributed by atoms with van der Waals surface area (Å²) in [5, 5.41) is 12.5. The van der Waals surface area contributed by atoms with Gasteiger partial charge in [-0.25, -0.2) is 4.98 Å². The van der Waals surface area contributed by atoms with Crippen molar-refractivity contribution in [1.29, 1.82) is 5.41 Å². The summed E-state index contributed by atoms with van der Waals surface area (Å²) in [7, 11) is 1.86. The summed E-state index contributed by atoms with van der Waals surface area (Å²) < 4.78 is 7.78. The lowest BCUT2D eigenvalue weighted by Crippen LogP contribution is -2.21. The number of nitrogens with two attached hydrogens (primary N) is 1. The van der Waals surface area contributed by atoms with E-state index in [0.717, 1.165) is 18.4 Å². The van der Waals surface area contributed by atoms with Crippen LogP contribution in [0.15, 0.2) is 30.7 Å². The maximum atomic E-state index is 8.37. The molecule has 1 aliphatic carbocycles. The van der Waals surface area contributed by atoms with Crippen molar-refractivity contribution in [2.75, 3.05) is 5.73 Å². The Morgan fingerprint density at radius 3 is 2.88 bits per heavy atom. The highest BCUT2D eigenvalue weighted by Gasteiger charge is 2.19. The van der Waals surface area contributed by atoms with Gasteiger partial charge in [-0.2, -0.15) is 5.10 Å². The van der Waals surface area contributed by atoms with E-state index in [2.05, 4.69) is 10.1 Å². The van der Waals surface area contributed by atoms with Crippen LogP contribution in [0.2, 0.25) is 0 Å². The van der Waals surface area contributed by atoms with E-state index in [1.54, 1.807) is 29.2 Å². The molecule has 126 valence electrons. The van der Waals surface area contributed by atoms with E-state index in [1.807, 2.05) is 19.3 Å². The lowest BCUT2D eigenvalue weighted by molar-refractivity contribution is 0.148. The van der Waals surface area contributed by atoms with Gasteiger partial charge in [-0.15, -0.1) is 0 Å². The van der Waals surface area contributed by atoms with Gasteiger partial charge in [0.1, 0.15) is 6.10 Å². The maximum absolute atomic E-state index is 8.37. The summed E-state index contributed by atoms with van der Waals surface area (Å²) >= 11 is 0. The molecule has 0 radical (unpaired) electrons. The first-order valence-corrected chi connectivity index (χ1v) is 8.30. The zero-order chi connectivity index (χ0) is 16.9. The number of nitrogens with zero attached hydrogens (tertiary/aromatic N) is 3. The summed E-state index contributed by atoms with van der Waals surface area (Å²) in [5.74, 6) is 0.461. The molecule has 6 nitrogen and oxygen atoms in total. The molecule has 0 unspecified atom stereocenters. The average molecular weight is 325 g/mol. The molecule has 0 spiro atoms. The predicted octanol–water partition coefficient (Wildman–Crippen LogP) is 3.19. The third kappa shape index (κ3) is 3.82. The zero-order valence-corrected chi connectivity index (χ0v) is 13.9. The standard InChI is InChI=1S/C18H23N5O/c1-23-12-13(11-22-23)7-8-15(19)17-16(20)9-10-21-18(17)24-14-5-3-2-4-6-14/h7-12,14,19H,2-6H2,1H3,(H2,20,21)/b8-7+,19-15?. The van der Waals surface area contributed by atoms with E-state index < -0.39 is 0 Å². The van der Waals surface area contributed by atoms with E-state index in [-0.39, 0.29) is 11.8 Å². The zero-order valence-electron chi connectivity index (χ0n) is 13.9. The molecule has 0 aliphatic heterocycles. The smallest absolute Gasteiger partial charge is 0.225 e. The lowest BCUT2D eigenvalue weighted by atomic mass is 9.98. The number of allylic oxidation sites excluding steroid dienone is 1. The molecule has 24 heavy (non-hydrogen) atoms. The molecule has 2 aromatic heterocycles. The summed E-state index contributed by atoms with van der Waals surface area (Å²) in [6.07, 6.45) is 14.7. The van der Waals surface area contributed by atoms with Crippen LogP contribution in [0.25, 0.3) is 6.08 Å². The Bertz CT molecular complexity index is 744. The lowest BCUT2D eigenvalue weighted by Gasteiger charge is -2.23. The van der Waals surface area contributed by atoms with E-state index in [4.69, 9.17) is 15.9 Å².